The van der Waals surface area contributed by atoms with Crippen LogP contribution >= 0.6 is 0 Å². The third-order valence-corrected chi connectivity index (χ3v) is 4.04. The molecule has 2 unspecified atom stereocenters. The van der Waals surface area contributed by atoms with Gasteiger partial charge in [-0.2, -0.15) is 0 Å². The monoisotopic (exact) mass is 276 g/mol. The highest BCUT2D eigenvalue weighted by Gasteiger charge is 2.22. The largest absolute Gasteiger partial charge is 0.349 e. The molecule has 1 fully saturated rings. The maximum atomic E-state index is 12.4. The highest BCUT2D eigenvalue weighted by molar-refractivity contribution is 5.95. The molecule has 1 saturated carbocycles. The molecule has 0 saturated heterocycles. The molecule has 0 aliphatic heterocycles. The average molecular weight is 276 g/mol. The molecule has 5 heteroatoms. The van der Waals surface area contributed by atoms with Crippen molar-refractivity contribution >= 4 is 11.7 Å². The first kappa shape index (κ1) is 14.8. The van der Waals surface area contributed by atoms with E-state index in [1.807, 2.05) is 6.92 Å². The van der Waals surface area contributed by atoms with Crippen LogP contribution in [0.25, 0.3) is 0 Å². The van der Waals surface area contributed by atoms with Gasteiger partial charge in [-0.25, -0.2) is 10.8 Å². The number of carbonyl (C=O) groups is 1. The Kier molecular flexibility index (Phi) is 4.95. The fourth-order valence-corrected chi connectivity index (χ4v) is 2.83. The Bertz CT molecular complexity index is 475. The number of rotatable bonds is 3. The second-order valence-corrected chi connectivity index (χ2v) is 5.72. The van der Waals surface area contributed by atoms with Crippen LogP contribution in [0.15, 0.2) is 12.1 Å². The van der Waals surface area contributed by atoms with Crippen molar-refractivity contribution in [2.75, 3.05) is 5.43 Å². The van der Waals surface area contributed by atoms with Gasteiger partial charge in [-0.1, -0.05) is 26.2 Å². The average Bonchev–Trinajstić information content (AvgIpc) is 2.63. The molecule has 1 aliphatic rings. The predicted molar refractivity (Wildman–Crippen MR) is 80.3 cm³/mol. The van der Waals surface area contributed by atoms with E-state index in [0.717, 1.165) is 12.1 Å². The highest BCUT2D eigenvalue weighted by atomic mass is 16.1. The Hall–Kier alpha value is -1.62. The molecule has 5 nitrogen and oxygen atoms in total. The summed E-state index contributed by atoms with van der Waals surface area (Å²) in [7, 11) is 0. The molecular formula is C15H24N4O. The number of hydrogen-bond donors (Lipinski definition) is 3. The number of pyridine rings is 1. The number of amides is 1. The predicted octanol–water partition coefficient (Wildman–Crippen LogP) is 2.37. The van der Waals surface area contributed by atoms with Gasteiger partial charge in [0.05, 0.1) is 0 Å². The number of aryl methyl sites for hydroxylation is 1. The van der Waals surface area contributed by atoms with Crippen molar-refractivity contribution < 1.29 is 4.79 Å². The number of nitrogens with one attached hydrogen (secondary N) is 2. The van der Waals surface area contributed by atoms with Crippen LogP contribution in [0.4, 0.5) is 5.82 Å². The van der Waals surface area contributed by atoms with E-state index in [9.17, 15) is 4.79 Å². The zero-order valence-electron chi connectivity index (χ0n) is 12.3. The summed E-state index contributed by atoms with van der Waals surface area (Å²) >= 11 is 0. The van der Waals surface area contributed by atoms with E-state index < -0.39 is 0 Å². The van der Waals surface area contributed by atoms with Crippen LogP contribution in [0, 0.1) is 12.8 Å². The molecule has 0 aromatic carbocycles. The number of nitrogen functional groups attached to an aromatic ring is 1. The van der Waals surface area contributed by atoms with E-state index >= 15 is 0 Å². The van der Waals surface area contributed by atoms with Crippen LogP contribution in [0.3, 0.4) is 0 Å². The molecule has 4 N–H and O–H groups in total. The Morgan fingerprint density at radius 3 is 2.80 bits per heavy atom. The summed E-state index contributed by atoms with van der Waals surface area (Å²) < 4.78 is 0. The molecule has 1 aromatic heterocycles. The highest BCUT2D eigenvalue weighted by Crippen LogP contribution is 2.23. The normalized spacial score (nSPS) is 22.9. The van der Waals surface area contributed by atoms with Crippen molar-refractivity contribution in [3.05, 3.63) is 23.4 Å². The molecular weight excluding hydrogens is 252 g/mol. The van der Waals surface area contributed by atoms with Gasteiger partial charge >= 0.3 is 0 Å². The van der Waals surface area contributed by atoms with E-state index in [2.05, 4.69) is 22.7 Å². The second kappa shape index (κ2) is 6.70. The maximum Gasteiger partial charge on any atom is 0.251 e. The number of aromatic nitrogens is 1. The first-order valence-electron chi connectivity index (χ1n) is 7.36. The molecule has 110 valence electrons. The Morgan fingerprint density at radius 2 is 2.05 bits per heavy atom. The fraction of sp³-hybridized carbons (Fsp3) is 0.600. The van der Waals surface area contributed by atoms with Gasteiger partial charge in [0.2, 0.25) is 0 Å². The van der Waals surface area contributed by atoms with E-state index in [1.54, 1.807) is 12.1 Å². The lowest BCUT2D eigenvalue weighted by molar-refractivity contribution is 0.0921. The van der Waals surface area contributed by atoms with Crippen molar-refractivity contribution in [3.8, 4) is 0 Å². The topological polar surface area (TPSA) is 80.0 Å². The summed E-state index contributed by atoms with van der Waals surface area (Å²) in [5.74, 6) is 6.39. The number of carbonyl (C=O) groups excluding carboxylic acids is 1. The Labute approximate surface area is 120 Å². The van der Waals surface area contributed by atoms with Crippen molar-refractivity contribution in [1.29, 1.82) is 0 Å². The SMILES string of the molecule is Cc1cc(C(=O)NC2CCCCCC2C)cc(NN)n1. The third-order valence-electron chi connectivity index (χ3n) is 4.04. The smallest absolute Gasteiger partial charge is 0.251 e. The van der Waals surface area contributed by atoms with E-state index in [1.165, 1.54) is 25.7 Å². The third kappa shape index (κ3) is 3.70. The van der Waals surface area contributed by atoms with Crippen LogP contribution < -0.4 is 16.6 Å². The van der Waals surface area contributed by atoms with Gasteiger partial charge in [0.25, 0.3) is 5.91 Å². The molecule has 2 rings (SSSR count). The number of hydrogen-bond acceptors (Lipinski definition) is 4. The van der Waals surface area contributed by atoms with E-state index in [-0.39, 0.29) is 11.9 Å². The summed E-state index contributed by atoms with van der Waals surface area (Å²) in [6.45, 7) is 4.08. The molecule has 1 aromatic rings. The molecule has 1 heterocycles. The zero-order chi connectivity index (χ0) is 14.5. The first-order chi connectivity index (χ1) is 9.60. The maximum absolute atomic E-state index is 12.4. The number of nitrogens with two attached hydrogens (primary N) is 1. The molecule has 0 bridgehead atoms. The lowest BCUT2D eigenvalue weighted by atomic mass is 9.96. The molecule has 0 spiro atoms. The molecule has 2 atom stereocenters. The van der Waals surface area contributed by atoms with Crippen LogP contribution in [-0.4, -0.2) is 16.9 Å². The van der Waals surface area contributed by atoms with Crippen LogP contribution in [-0.2, 0) is 0 Å². The molecule has 0 radical (unpaired) electrons. The van der Waals surface area contributed by atoms with Gasteiger partial charge in [-0.15, -0.1) is 0 Å². The van der Waals surface area contributed by atoms with Crippen LogP contribution in [0.1, 0.15) is 55.1 Å². The van der Waals surface area contributed by atoms with Crippen molar-refractivity contribution in [2.45, 2.75) is 52.0 Å². The summed E-state index contributed by atoms with van der Waals surface area (Å²) in [6.07, 6.45) is 5.99. The Balaban J connectivity index is 2.09. The van der Waals surface area contributed by atoms with Gasteiger partial charge < -0.3 is 10.7 Å². The first-order valence-corrected chi connectivity index (χ1v) is 7.36. The molecule has 1 aliphatic carbocycles. The second-order valence-electron chi connectivity index (χ2n) is 5.72. The van der Waals surface area contributed by atoms with Crippen LogP contribution in [0.5, 0.6) is 0 Å². The van der Waals surface area contributed by atoms with Gasteiger partial charge in [-0.05, 0) is 37.8 Å². The zero-order valence-corrected chi connectivity index (χ0v) is 12.3. The van der Waals surface area contributed by atoms with E-state index in [0.29, 0.717) is 17.3 Å². The minimum absolute atomic E-state index is 0.0363. The number of nitrogens with zero attached hydrogens (tertiary/aromatic N) is 1. The van der Waals surface area contributed by atoms with Crippen molar-refractivity contribution in [2.24, 2.45) is 11.8 Å². The fourth-order valence-electron chi connectivity index (χ4n) is 2.83. The minimum Gasteiger partial charge on any atom is -0.349 e. The lowest BCUT2D eigenvalue weighted by Gasteiger charge is -2.23. The summed E-state index contributed by atoms with van der Waals surface area (Å²) in [6, 6.07) is 3.74. The summed E-state index contributed by atoms with van der Waals surface area (Å²) in [5, 5.41) is 3.17. The molecule has 1 amide bonds. The Morgan fingerprint density at radius 1 is 1.30 bits per heavy atom. The number of hydrazine groups is 1. The van der Waals surface area contributed by atoms with Crippen molar-refractivity contribution in [1.82, 2.24) is 10.3 Å². The lowest BCUT2D eigenvalue weighted by Crippen LogP contribution is -2.39. The minimum atomic E-state index is -0.0363. The summed E-state index contributed by atoms with van der Waals surface area (Å²) in [4.78, 5) is 16.6. The summed E-state index contributed by atoms with van der Waals surface area (Å²) in [5.41, 5.74) is 3.88. The quantitative estimate of drug-likeness (QED) is 0.450. The standard InChI is InChI=1S/C15H24N4O/c1-10-6-4-3-5-7-13(10)18-15(20)12-8-11(2)17-14(9-12)19-16/h8-10,13H,3-7,16H2,1-2H3,(H,17,19)(H,18,20). The number of anilines is 1. The molecule has 20 heavy (non-hydrogen) atoms. The van der Waals surface area contributed by atoms with Gasteiger partial charge in [0.15, 0.2) is 0 Å². The van der Waals surface area contributed by atoms with Crippen LogP contribution in [0.2, 0.25) is 0 Å². The van der Waals surface area contributed by atoms with Gasteiger partial charge in [-0.3, -0.25) is 4.79 Å². The van der Waals surface area contributed by atoms with E-state index in [4.69, 9.17) is 5.84 Å². The van der Waals surface area contributed by atoms with Gasteiger partial charge in [0, 0.05) is 17.3 Å². The van der Waals surface area contributed by atoms with Gasteiger partial charge in [0.1, 0.15) is 5.82 Å². The van der Waals surface area contributed by atoms with Crippen molar-refractivity contribution in [3.63, 3.8) is 0 Å².